The average Bonchev–Trinajstić information content (AvgIpc) is 2.31. The molecule has 0 bridgehead atoms. The highest BCUT2D eigenvalue weighted by molar-refractivity contribution is 9.09. The fraction of sp³-hybridized carbons (Fsp3) is 0.429. The number of thiophene rings is 1. The number of aryl methyl sites for hydroxylation is 1. The summed E-state index contributed by atoms with van der Waals surface area (Å²) in [7, 11) is 0. The van der Waals surface area contributed by atoms with Gasteiger partial charge >= 0.3 is 0 Å². The van der Waals surface area contributed by atoms with Gasteiger partial charge in [0.2, 0.25) is 0 Å². The summed E-state index contributed by atoms with van der Waals surface area (Å²) in [6.07, 6.45) is 0. The molecule has 1 aromatic rings. The Labute approximate surface area is 73.1 Å². The van der Waals surface area contributed by atoms with Crippen LogP contribution in [0.15, 0.2) is 10.8 Å². The second-order valence-electron chi connectivity index (χ2n) is 1.96. The molecule has 0 aromatic carbocycles. The second kappa shape index (κ2) is 3.98. The molecule has 0 atom stereocenters. The average molecular weight is 221 g/mol. The minimum Gasteiger partial charge on any atom is -0.492 e. The molecule has 0 amide bonds. The van der Waals surface area contributed by atoms with Gasteiger partial charge in [-0.1, -0.05) is 15.9 Å². The summed E-state index contributed by atoms with van der Waals surface area (Å²) >= 11 is 4.97. The minimum atomic E-state index is 0.748. The van der Waals surface area contributed by atoms with Gasteiger partial charge < -0.3 is 4.74 Å². The molecule has 0 aliphatic rings. The first kappa shape index (κ1) is 8.08. The predicted molar refractivity (Wildman–Crippen MR) is 48.3 cm³/mol. The third kappa shape index (κ3) is 1.99. The molecule has 56 valence electrons. The van der Waals surface area contributed by atoms with E-state index in [0.29, 0.717) is 0 Å². The molecule has 0 spiro atoms. The van der Waals surface area contributed by atoms with Crippen LogP contribution in [-0.2, 0) is 0 Å². The van der Waals surface area contributed by atoms with Crippen LogP contribution in [0.1, 0.15) is 5.56 Å². The lowest BCUT2D eigenvalue weighted by atomic mass is 10.4. The summed E-state index contributed by atoms with van der Waals surface area (Å²) in [6, 6.07) is 0. The summed E-state index contributed by atoms with van der Waals surface area (Å²) in [5, 5.41) is 5.00. The Balaban J connectivity index is 2.49. The van der Waals surface area contributed by atoms with Crippen molar-refractivity contribution in [3.05, 3.63) is 16.3 Å². The Morgan fingerprint density at radius 1 is 1.60 bits per heavy atom. The van der Waals surface area contributed by atoms with Crippen LogP contribution in [0.3, 0.4) is 0 Å². The first-order chi connectivity index (χ1) is 4.84. The van der Waals surface area contributed by atoms with Crippen molar-refractivity contribution in [2.75, 3.05) is 11.9 Å². The van der Waals surface area contributed by atoms with E-state index in [0.717, 1.165) is 17.7 Å². The number of hydrogen-bond donors (Lipinski definition) is 0. The number of hydrogen-bond acceptors (Lipinski definition) is 2. The normalized spacial score (nSPS) is 9.80. The Hall–Kier alpha value is -0.0200. The SMILES string of the molecule is Cc1cscc1OCCBr. The van der Waals surface area contributed by atoms with Gasteiger partial charge in [0.1, 0.15) is 5.75 Å². The standard InChI is InChI=1S/C7H9BrOS/c1-6-4-10-5-7(6)9-3-2-8/h4-5H,2-3H2,1H3. The Kier molecular flexibility index (Phi) is 3.22. The quantitative estimate of drug-likeness (QED) is 0.713. The van der Waals surface area contributed by atoms with Gasteiger partial charge in [0.15, 0.2) is 0 Å². The lowest BCUT2D eigenvalue weighted by molar-refractivity contribution is 0.344. The highest BCUT2D eigenvalue weighted by Crippen LogP contribution is 2.21. The highest BCUT2D eigenvalue weighted by Gasteiger charge is 1.97. The molecule has 1 heterocycles. The highest BCUT2D eigenvalue weighted by atomic mass is 79.9. The molecule has 1 rings (SSSR count). The van der Waals surface area contributed by atoms with Gasteiger partial charge in [0.25, 0.3) is 0 Å². The minimum absolute atomic E-state index is 0.748. The summed E-state index contributed by atoms with van der Waals surface area (Å²) in [5.74, 6) is 1.02. The second-order valence-corrected chi connectivity index (χ2v) is 3.49. The first-order valence-electron chi connectivity index (χ1n) is 3.06. The molecular formula is C7H9BrOS. The number of halogens is 1. The number of rotatable bonds is 3. The summed E-state index contributed by atoms with van der Waals surface area (Å²) in [4.78, 5) is 0. The Morgan fingerprint density at radius 2 is 2.40 bits per heavy atom. The molecule has 0 radical (unpaired) electrons. The third-order valence-corrected chi connectivity index (χ3v) is 2.31. The van der Waals surface area contributed by atoms with Crippen LogP contribution in [0.2, 0.25) is 0 Å². The van der Waals surface area contributed by atoms with Crippen molar-refractivity contribution < 1.29 is 4.74 Å². The lowest BCUT2D eigenvalue weighted by Crippen LogP contribution is -1.97. The summed E-state index contributed by atoms with van der Waals surface area (Å²) < 4.78 is 5.39. The smallest absolute Gasteiger partial charge is 0.132 e. The zero-order chi connectivity index (χ0) is 7.40. The van der Waals surface area contributed by atoms with E-state index in [1.807, 2.05) is 5.38 Å². The summed E-state index contributed by atoms with van der Waals surface area (Å²) in [5.41, 5.74) is 1.23. The van der Waals surface area contributed by atoms with Crippen LogP contribution in [0, 0.1) is 6.92 Å². The van der Waals surface area contributed by atoms with E-state index in [9.17, 15) is 0 Å². The Bertz CT molecular complexity index is 197. The zero-order valence-electron chi connectivity index (χ0n) is 5.76. The molecule has 10 heavy (non-hydrogen) atoms. The molecule has 0 fully saturated rings. The van der Waals surface area contributed by atoms with Crippen molar-refractivity contribution in [1.29, 1.82) is 0 Å². The fourth-order valence-corrected chi connectivity index (χ4v) is 1.57. The van der Waals surface area contributed by atoms with Gasteiger partial charge in [-0.05, 0) is 12.3 Å². The zero-order valence-corrected chi connectivity index (χ0v) is 8.17. The van der Waals surface area contributed by atoms with Crippen LogP contribution in [0.4, 0.5) is 0 Å². The van der Waals surface area contributed by atoms with Crippen molar-refractivity contribution in [3.63, 3.8) is 0 Å². The van der Waals surface area contributed by atoms with E-state index in [1.165, 1.54) is 5.56 Å². The van der Waals surface area contributed by atoms with Gasteiger partial charge in [-0.3, -0.25) is 0 Å². The van der Waals surface area contributed by atoms with E-state index in [1.54, 1.807) is 11.3 Å². The van der Waals surface area contributed by atoms with Gasteiger partial charge in [-0.15, -0.1) is 11.3 Å². The molecule has 1 aromatic heterocycles. The van der Waals surface area contributed by atoms with Crippen LogP contribution >= 0.6 is 27.3 Å². The molecule has 1 nitrogen and oxygen atoms in total. The maximum atomic E-state index is 5.39. The van der Waals surface area contributed by atoms with Crippen LogP contribution < -0.4 is 4.74 Å². The van der Waals surface area contributed by atoms with Crippen molar-refractivity contribution in [2.45, 2.75) is 6.92 Å². The largest absolute Gasteiger partial charge is 0.492 e. The summed E-state index contributed by atoms with van der Waals surface area (Å²) in [6.45, 7) is 2.80. The monoisotopic (exact) mass is 220 g/mol. The van der Waals surface area contributed by atoms with E-state index >= 15 is 0 Å². The van der Waals surface area contributed by atoms with Crippen molar-refractivity contribution in [2.24, 2.45) is 0 Å². The van der Waals surface area contributed by atoms with Crippen LogP contribution in [0.5, 0.6) is 5.75 Å². The molecule has 0 N–H and O–H groups in total. The molecule has 0 saturated carbocycles. The molecule has 3 heteroatoms. The van der Waals surface area contributed by atoms with Crippen molar-refractivity contribution >= 4 is 27.3 Å². The number of ether oxygens (including phenoxy) is 1. The van der Waals surface area contributed by atoms with Gasteiger partial charge in [0.05, 0.1) is 6.61 Å². The maximum Gasteiger partial charge on any atom is 0.132 e. The fourth-order valence-electron chi connectivity index (χ4n) is 0.645. The van der Waals surface area contributed by atoms with Crippen molar-refractivity contribution in [1.82, 2.24) is 0 Å². The molecule has 0 aliphatic carbocycles. The third-order valence-electron chi connectivity index (χ3n) is 1.14. The maximum absolute atomic E-state index is 5.39. The molecule has 0 unspecified atom stereocenters. The molecule has 0 saturated heterocycles. The van der Waals surface area contributed by atoms with Gasteiger partial charge in [0, 0.05) is 16.3 Å². The molecule has 0 aliphatic heterocycles. The van der Waals surface area contributed by atoms with Crippen molar-refractivity contribution in [3.8, 4) is 5.75 Å². The number of alkyl halides is 1. The van der Waals surface area contributed by atoms with Gasteiger partial charge in [-0.25, -0.2) is 0 Å². The van der Waals surface area contributed by atoms with Gasteiger partial charge in [-0.2, -0.15) is 0 Å². The van der Waals surface area contributed by atoms with E-state index in [-0.39, 0.29) is 0 Å². The lowest BCUT2D eigenvalue weighted by Gasteiger charge is -2.00. The predicted octanol–water partition coefficient (Wildman–Crippen LogP) is 2.83. The van der Waals surface area contributed by atoms with E-state index in [4.69, 9.17) is 4.74 Å². The Morgan fingerprint density at radius 3 is 2.90 bits per heavy atom. The molecular weight excluding hydrogens is 212 g/mol. The first-order valence-corrected chi connectivity index (χ1v) is 5.12. The van der Waals surface area contributed by atoms with E-state index < -0.39 is 0 Å². The topological polar surface area (TPSA) is 9.23 Å². The van der Waals surface area contributed by atoms with Crippen LogP contribution in [-0.4, -0.2) is 11.9 Å². The van der Waals surface area contributed by atoms with E-state index in [2.05, 4.69) is 28.2 Å². The van der Waals surface area contributed by atoms with Crippen LogP contribution in [0.25, 0.3) is 0 Å².